The summed E-state index contributed by atoms with van der Waals surface area (Å²) in [6, 6.07) is 14.5. The SMILES string of the molecule is c1cc2c(c(NCc3cccc4cc[nH]c34)c1)N=[Se]=N2. The molecular weight excluding hydrogens is 315 g/mol. The zero-order chi connectivity index (χ0) is 13.4. The van der Waals surface area contributed by atoms with Gasteiger partial charge in [0, 0.05) is 0 Å². The molecule has 98 valence electrons. The van der Waals surface area contributed by atoms with Gasteiger partial charge in [0.1, 0.15) is 0 Å². The maximum absolute atomic E-state index is 4.49. The zero-order valence-corrected chi connectivity index (χ0v) is 12.3. The number of anilines is 1. The van der Waals surface area contributed by atoms with Gasteiger partial charge in [-0.05, 0) is 0 Å². The normalized spacial score (nSPS) is 12.4. The second kappa shape index (κ2) is 4.78. The molecule has 3 aromatic rings. The number of benzene rings is 2. The van der Waals surface area contributed by atoms with Crippen LogP contribution in [0.2, 0.25) is 0 Å². The number of aromatic nitrogens is 1. The third-order valence-corrected chi connectivity index (χ3v) is 4.57. The Labute approximate surface area is 122 Å². The molecule has 0 spiro atoms. The van der Waals surface area contributed by atoms with Crippen LogP contribution in [0.1, 0.15) is 5.56 Å². The topological polar surface area (TPSA) is 52.5 Å². The fourth-order valence-corrected chi connectivity index (χ4v) is 3.59. The molecule has 2 N–H and O–H groups in total. The van der Waals surface area contributed by atoms with Gasteiger partial charge in [-0.15, -0.1) is 0 Å². The second-order valence-electron chi connectivity index (χ2n) is 4.65. The van der Waals surface area contributed by atoms with Gasteiger partial charge in [0.05, 0.1) is 0 Å². The molecule has 5 heteroatoms. The van der Waals surface area contributed by atoms with Crippen molar-refractivity contribution >= 4 is 42.5 Å². The molecule has 1 aliphatic heterocycles. The van der Waals surface area contributed by atoms with E-state index >= 15 is 0 Å². The number of hydrogen-bond donors (Lipinski definition) is 2. The second-order valence-corrected chi connectivity index (χ2v) is 5.76. The van der Waals surface area contributed by atoms with Gasteiger partial charge >= 0.3 is 122 Å². The Morgan fingerprint density at radius 1 is 1.05 bits per heavy atom. The molecule has 4 nitrogen and oxygen atoms in total. The predicted molar refractivity (Wildman–Crippen MR) is 82.0 cm³/mol. The van der Waals surface area contributed by atoms with Crippen molar-refractivity contribution in [3.05, 3.63) is 54.2 Å². The van der Waals surface area contributed by atoms with Crippen molar-refractivity contribution < 1.29 is 0 Å². The Kier molecular flexibility index (Phi) is 2.80. The van der Waals surface area contributed by atoms with Gasteiger partial charge in [-0.2, -0.15) is 0 Å². The summed E-state index contributed by atoms with van der Waals surface area (Å²) >= 11 is 0.0135. The number of H-pyrrole nitrogens is 1. The number of para-hydroxylation sites is 1. The number of hydrogen-bond acceptors (Lipinski definition) is 3. The van der Waals surface area contributed by atoms with E-state index in [1.165, 1.54) is 16.5 Å². The number of nitrogens with zero attached hydrogens (tertiary/aromatic N) is 2. The van der Waals surface area contributed by atoms with Gasteiger partial charge in [0.15, 0.2) is 0 Å². The third-order valence-electron chi connectivity index (χ3n) is 3.43. The Hall–Kier alpha value is -2.10. The van der Waals surface area contributed by atoms with Crippen molar-refractivity contribution in [3.63, 3.8) is 0 Å². The van der Waals surface area contributed by atoms with Crippen molar-refractivity contribution in [1.29, 1.82) is 0 Å². The van der Waals surface area contributed by atoms with Crippen molar-refractivity contribution in [2.24, 2.45) is 7.92 Å². The Morgan fingerprint density at radius 3 is 3.00 bits per heavy atom. The molecular formula is C15H12N4Se. The van der Waals surface area contributed by atoms with Gasteiger partial charge in [-0.3, -0.25) is 0 Å². The van der Waals surface area contributed by atoms with Crippen molar-refractivity contribution in [2.45, 2.75) is 6.54 Å². The van der Waals surface area contributed by atoms with Crippen LogP contribution >= 0.6 is 0 Å². The standard InChI is InChI=1S/C15H12N4Se/c1-3-10-7-8-16-14(10)11(4-1)9-17-12-5-2-6-13-15(12)19-20-18-13/h1-8,16-17H,9H2. The molecule has 0 atom stereocenters. The number of fused-ring (bicyclic) bond motifs is 2. The molecule has 20 heavy (non-hydrogen) atoms. The molecule has 0 fully saturated rings. The molecule has 0 amide bonds. The van der Waals surface area contributed by atoms with E-state index in [1.807, 2.05) is 18.3 Å². The maximum atomic E-state index is 4.49. The first-order valence-corrected chi connectivity index (χ1v) is 7.95. The molecule has 0 bridgehead atoms. The van der Waals surface area contributed by atoms with Crippen LogP contribution in [0, 0.1) is 0 Å². The number of aromatic amines is 1. The summed E-state index contributed by atoms with van der Waals surface area (Å²) in [5, 5.41) is 4.72. The van der Waals surface area contributed by atoms with E-state index in [4.69, 9.17) is 0 Å². The van der Waals surface area contributed by atoms with E-state index in [1.54, 1.807) is 0 Å². The average Bonchev–Trinajstić information content (AvgIpc) is 3.13. The monoisotopic (exact) mass is 328 g/mol. The predicted octanol–water partition coefficient (Wildman–Crippen LogP) is 4.13. The van der Waals surface area contributed by atoms with E-state index in [9.17, 15) is 0 Å². The summed E-state index contributed by atoms with van der Waals surface area (Å²) in [5.41, 5.74) is 5.53. The zero-order valence-electron chi connectivity index (χ0n) is 10.6. The quantitative estimate of drug-likeness (QED) is 0.546. The molecule has 2 aromatic carbocycles. The first kappa shape index (κ1) is 11.7. The van der Waals surface area contributed by atoms with E-state index in [0.29, 0.717) is 0 Å². The molecule has 4 rings (SSSR count). The Balaban J connectivity index is 1.64. The van der Waals surface area contributed by atoms with Crippen molar-refractivity contribution in [2.75, 3.05) is 5.32 Å². The first-order valence-electron chi connectivity index (χ1n) is 6.42. The summed E-state index contributed by atoms with van der Waals surface area (Å²) in [5.74, 6) is 0. The third kappa shape index (κ3) is 1.92. The van der Waals surface area contributed by atoms with Gasteiger partial charge in [0.2, 0.25) is 0 Å². The minimum absolute atomic E-state index is 0.0135. The van der Waals surface area contributed by atoms with E-state index < -0.39 is 0 Å². The minimum atomic E-state index is 0.0135. The van der Waals surface area contributed by atoms with Crippen LogP contribution in [0.4, 0.5) is 17.1 Å². The Bertz CT molecular complexity index is 859. The summed E-state index contributed by atoms with van der Waals surface area (Å²) < 4.78 is 8.90. The fraction of sp³-hybridized carbons (Fsp3) is 0.0667. The van der Waals surface area contributed by atoms with Gasteiger partial charge in [-0.1, -0.05) is 0 Å². The van der Waals surface area contributed by atoms with E-state index in [0.717, 1.165) is 23.6 Å². The molecule has 0 radical (unpaired) electrons. The number of rotatable bonds is 3. The van der Waals surface area contributed by atoms with Crippen LogP contribution in [0.25, 0.3) is 10.9 Å². The molecule has 0 saturated heterocycles. The van der Waals surface area contributed by atoms with Crippen LogP contribution in [0.5, 0.6) is 0 Å². The summed E-state index contributed by atoms with van der Waals surface area (Å²) in [6.07, 6.45) is 1.98. The van der Waals surface area contributed by atoms with E-state index in [2.05, 4.69) is 48.6 Å². The molecule has 0 aliphatic carbocycles. The summed E-state index contributed by atoms with van der Waals surface area (Å²) in [4.78, 5) is 3.30. The van der Waals surface area contributed by atoms with Crippen molar-refractivity contribution in [3.8, 4) is 0 Å². The van der Waals surface area contributed by atoms with E-state index in [-0.39, 0.29) is 14.6 Å². The van der Waals surface area contributed by atoms with Crippen LogP contribution in [0.15, 0.2) is 56.6 Å². The van der Waals surface area contributed by atoms with Crippen LogP contribution in [0.3, 0.4) is 0 Å². The van der Waals surface area contributed by atoms with Gasteiger partial charge < -0.3 is 0 Å². The van der Waals surface area contributed by atoms with Crippen LogP contribution in [-0.2, 0) is 6.54 Å². The molecule has 0 unspecified atom stereocenters. The average molecular weight is 327 g/mol. The molecule has 1 aliphatic rings. The van der Waals surface area contributed by atoms with Crippen LogP contribution in [-0.4, -0.2) is 19.6 Å². The Morgan fingerprint density at radius 2 is 2.00 bits per heavy atom. The molecule has 0 saturated carbocycles. The fourth-order valence-electron chi connectivity index (χ4n) is 2.44. The number of nitrogens with one attached hydrogen (secondary N) is 2. The van der Waals surface area contributed by atoms with Crippen molar-refractivity contribution in [1.82, 2.24) is 4.98 Å². The summed E-state index contributed by atoms with van der Waals surface area (Å²) in [7, 11) is 0. The molecule has 1 aromatic heterocycles. The van der Waals surface area contributed by atoms with Gasteiger partial charge in [0.25, 0.3) is 0 Å². The van der Waals surface area contributed by atoms with Crippen LogP contribution < -0.4 is 5.32 Å². The first-order chi connectivity index (χ1) is 9.92. The van der Waals surface area contributed by atoms with Gasteiger partial charge in [-0.25, -0.2) is 0 Å². The molecule has 2 heterocycles. The summed E-state index contributed by atoms with van der Waals surface area (Å²) in [6.45, 7) is 0.775.